The van der Waals surface area contributed by atoms with Gasteiger partial charge in [0.1, 0.15) is 0 Å². The van der Waals surface area contributed by atoms with Gasteiger partial charge < -0.3 is 9.84 Å². The van der Waals surface area contributed by atoms with Crippen molar-refractivity contribution in [3.05, 3.63) is 0 Å². The molecule has 1 heterocycles. The normalized spacial score (nSPS) is 37.0. The molecule has 62 valence electrons. The molecular formula is C7H10INO2. The number of ether oxygens (including phenoxy) is 1. The summed E-state index contributed by atoms with van der Waals surface area (Å²) in [5, 5.41) is 17.7. The first-order valence-corrected chi connectivity index (χ1v) is 5.07. The zero-order valence-corrected chi connectivity index (χ0v) is 8.19. The number of halogens is 1. The first kappa shape index (κ1) is 9.23. The number of nitrogens with zero attached hydrogens (tertiary/aromatic N) is 1. The molecule has 0 aromatic rings. The highest BCUT2D eigenvalue weighted by Crippen LogP contribution is 2.23. The van der Waals surface area contributed by atoms with E-state index in [9.17, 15) is 5.11 Å². The first-order valence-electron chi connectivity index (χ1n) is 3.54. The fourth-order valence-electron chi connectivity index (χ4n) is 1.19. The topological polar surface area (TPSA) is 53.2 Å². The summed E-state index contributed by atoms with van der Waals surface area (Å²) in [6, 6.07) is 2.00. The van der Waals surface area contributed by atoms with Crippen molar-refractivity contribution in [1.29, 1.82) is 5.26 Å². The van der Waals surface area contributed by atoms with Crippen molar-refractivity contribution in [1.82, 2.24) is 0 Å². The Bertz CT molecular complexity index is 168. The van der Waals surface area contributed by atoms with Gasteiger partial charge in [-0.25, -0.2) is 0 Å². The third-order valence-electron chi connectivity index (χ3n) is 1.77. The molecule has 1 N–H and O–H groups in total. The molecule has 1 saturated heterocycles. The Morgan fingerprint density at radius 2 is 2.45 bits per heavy atom. The standard InChI is InChI=1S/C7H10INO2/c8-4-5-3-6(10)7(11-5)1-2-9/h5-7,10H,1,3-4H2. The van der Waals surface area contributed by atoms with E-state index in [2.05, 4.69) is 22.6 Å². The molecule has 0 spiro atoms. The Balaban J connectivity index is 2.39. The largest absolute Gasteiger partial charge is 0.390 e. The van der Waals surface area contributed by atoms with Gasteiger partial charge in [-0.3, -0.25) is 0 Å². The van der Waals surface area contributed by atoms with Gasteiger partial charge in [-0.2, -0.15) is 5.26 Å². The number of alkyl halides is 1. The molecule has 4 heteroatoms. The predicted octanol–water partition coefficient (Wildman–Crippen LogP) is 0.853. The number of rotatable bonds is 2. The van der Waals surface area contributed by atoms with Crippen LogP contribution in [0.1, 0.15) is 12.8 Å². The second-order valence-electron chi connectivity index (χ2n) is 2.62. The van der Waals surface area contributed by atoms with E-state index in [-0.39, 0.29) is 12.2 Å². The van der Waals surface area contributed by atoms with Crippen molar-refractivity contribution in [2.45, 2.75) is 31.2 Å². The molecule has 0 aliphatic carbocycles. The molecule has 0 radical (unpaired) electrons. The quantitative estimate of drug-likeness (QED) is 0.596. The highest BCUT2D eigenvalue weighted by Gasteiger charge is 2.32. The molecule has 1 fully saturated rings. The average Bonchev–Trinajstić information content (AvgIpc) is 2.33. The van der Waals surface area contributed by atoms with E-state index in [0.717, 1.165) is 4.43 Å². The van der Waals surface area contributed by atoms with Crippen LogP contribution in [-0.2, 0) is 4.74 Å². The fraction of sp³-hybridized carbons (Fsp3) is 0.857. The zero-order chi connectivity index (χ0) is 8.27. The maximum absolute atomic E-state index is 9.34. The van der Waals surface area contributed by atoms with Crippen LogP contribution in [0.3, 0.4) is 0 Å². The molecule has 1 rings (SSSR count). The van der Waals surface area contributed by atoms with Crippen molar-refractivity contribution in [2.24, 2.45) is 0 Å². The average molecular weight is 267 g/mol. The number of aliphatic hydroxyl groups is 1. The minimum atomic E-state index is -0.436. The van der Waals surface area contributed by atoms with Crippen LogP contribution < -0.4 is 0 Å². The first-order chi connectivity index (χ1) is 5.27. The third-order valence-corrected chi connectivity index (χ3v) is 2.75. The highest BCUT2D eigenvalue weighted by atomic mass is 127. The lowest BCUT2D eigenvalue weighted by Gasteiger charge is -2.08. The van der Waals surface area contributed by atoms with Crippen molar-refractivity contribution in [2.75, 3.05) is 4.43 Å². The van der Waals surface area contributed by atoms with Gasteiger partial charge in [0, 0.05) is 10.8 Å². The van der Waals surface area contributed by atoms with E-state index in [1.807, 2.05) is 6.07 Å². The SMILES string of the molecule is N#CCC1OC(CI)CC1O. The van der Waals surface area contributed by atoms with E-state index in [0.29, 0.717) is 12.8 Å². The van der Waals surface area contributed by atoms with Crippen LogP contribution in [0.5, 0.6) is 0 Å². The second-order valence-corrected chi connectivity index (χ2v) is 3.50. The lowest BCUT2D eigenvalue weighted by atomic mass is 10.1. The van der Waals surface area contributed by atoms with Crippen molar-refractivity contribution in [3.8, 4) is 6.07 Å². The molecule has 0 aromatic heterocycles. The van der Waals surface area contributed by atoms with Crippen molar-refractivity contribution >= 4 is 22.6 Å². The smallest absolute Gasteiger partial charge is 0.0968 e. The number of nitriles is 1. The summed E-state index contributed by atoms with van der Waals surface area (Å²) in [6.45, 7) is 0. The van der Waals surface area contributed by atoms with Gasteiger partial charge in [0.25, 0.3) is 0 Å². The molecule has 1 aliphatic heterocycles. The number of hydrogen-bond acceptors (Lipinski definition) is 3. The Kier molecular flexibility index (Phi) is 3.55. The summed E-state index contributed by atoms with van der Waals surface area (Å²) in [6.07, 6.45) is 0.432. The Labute approximate surface area is 79.5 Å². The maximum Gasteiger partial charge on any atom is 0.0968 e. The van der Waals surface area contributed by atoms with Crippen LogP contribution in [0, 0.1) is 11.3 Å². The molecule has 3 atom stereocenters. The van der Waals surface area contributed by atoms with E-state index in [1.54, 1.807) is 0 Å². The van der Waals surface area contributed by atoms with E-state index < -0.39 is 6.10 Å². The van der Waals surface area contributed by atoms with Crippen molar-refractivity contribution in [3.63, 3.8) is 0 Å². The summed E-state index contributed by atoms with van der Waals surface area (Å²) < 4.78 is 6.27. The van der Waals surface area contributed by atoms with E-state index >= 15 is 0 Å². The summed E-state index contributed by atoms with van der Waals surface area (Å²) in [5.74, 6) is 0. The molecule has 11 heavy (non-hydrogen) atoms. The van der Waals surface area contributed by atoms with Gasteiger partial charge in [0.2, 0.25) is 0 Å². The Hall–Kier alpha value is 0.140. The van der Waals surface area contributed by atoms with Gasteiger partial charge in [0.15, 0.2) is 0 Å². The third kappa shape index (κ3) is 2.29. The zero-order valence-electron chi connectivity index (χ0n) is 6.03. The van der Waals surface area contributed by atoms with Crippen LogP contribution in [0.2, 0.25) is 0 Å². The maximum atomic E-state index is 9.34. The van der Waals surface area contributed by atoms with Crippen LogP contribution in [0.15, 0.2) is 0 Å². The number of aliphatic hydroxyl groups excluding tert-OH is 1. The Morgan fingerprint density at radius 1 is 1.73 bits per heavy atom. The van der Waals surface area contributed by atoms with Gasteiger partial charge in [0.05, 0.1) is 30.8 Å². The summed E-state index contributed by atoms with van der Waals surface area (Å²) in [4.78, 5) is 0. The molecule has 3 nitrogen and oxygen atoms in total. The lowest BCUT2D eigenvalue weighted by Crippen LogP contribution is -2.19. The van der Waals surface area contributed by atoms with Crippen LogP contribution in [0.4, 0.5) is 0 Å². The van der Waals surface area contributed by atoms with Gasteiger partial charge in [-0.15, -0.1) is 0 Å². The second kappa shape index (κ2) is 4.24. The van der Waals surface area contributed by atoms with Gasteiger partial charge in [-0.05, 0) is 0 Å². The molecule has 0 amide bonds. The Morgan fingerprint density at radius 3 is 2.91 bits per heavy atom. The molecule has 0 bridgehead atoms. The van der Waals surface area contributed by atoms with Crippen LogP contribution >= 0.6 is 22.6 Å². The molecule has 0 aromatic carbocycles. The molecule has 1 aliphatic rings. The van der Waals surface area contributed by atoms with Crippen molar-refractivity contribution < 1.29 is 9.84 Å². The summed E-state index contributed by atoms with van der Waals surface area (Å²) in [7, 11) is 0. The summed E-state index contributed by atoms with van der Waals surface area (Å²) in [5.41, 5.74) is 0. The summed E-state index contributed by atoms with van der Waals surface area (Å²) >= 11 is 2.22. The van der Waals surface area contributed by atoms with Gasteiger partial charge >= 0.3 is 0 Å². The predicted molar refractivity (Wildman–Crippen MR) is 48.4 cm³/mol. The molecule has 0 saturated carbocycles. The van der Waals surface area contributed by atoms with E-state index in [1.165, 1.54) is 0 Å². The minimum Gasteiger partial charge on any atom is -0.390 e. The molecular weight excluding hydrogens is 257 g/mol. The fourth-order valence-corrected chi connectivity index (χ4v) is 1.76. The van der Waals surface area contributed by atoms with Crippen LogP contribution in [-0.4, -0.2) is 27.8 Å². The minimum absolute atomic E-state index is 0.143. The number of hydrogen-bond donors (Lipinski definition) is 1. The monoisotopic (exact) mass is 267 g/mol. The van der Waals surface area contributed by atoms with Crippen LogP contribution in [0.25, 0.3) is 0 Å². The molecule has 3 unspecified atom stereocenters. The van der Waals surface area contributed by atoms with Gasteiger partial charge in [-0.1, -0.05) is 22.6 Å². The van der Waals surface area contributed by atoms with E-state index in [4.69, 9.17) is 10.00 Å². The highest BCUT2D eigenvalue weighted by molar-refractivity contribution is 14.1. The lowest BCUT2D eigenvalue weighted by molar-refractivity contribution is 0.0219.